The van der Waals surface area contributed by atoms with Gasteiger partial charge in [-0.05, 0) is 99.0 Å². The highest BCUT2D eigenvalue weighted by Gasteiger charge is 2.22. The highest BCUT2D eigenvalue weighted by Crippen LogP contribution is 2.46. The average molecular weight is 844 g/mol. The highest BCUT2D eigenvalue weighted by atomic mass is 16.3. The van der Waals surface area contributed by atoms with E-state index in [0.29, 0.717) is 33.7 Å². The van der Waals surface area contributed by atoms with Crippen LogP contribution >= 0.6 is 0 Å². The van der Waals surface area contributed by atoms with Crippen LogP contribution in [-0.2, 0) is 0 Å². The van der Waals surface area contributed by atoms with E-state index in [1.165, 1.54) is 0 Å². The average Bonchev–Trinajstić information content (AvgIpc) is 4.11. The molecule has 0 saturated carbocycles. The minimum atomic E-state index is -0.840. The summed E-state index contributed by atoms with van der Waals surface area (Å²) in [5, 5.41) is 4.92. The summed E-state index contributed by atoms with van der Waals surface area (Å²) in [6, 6.07) is 37.9. The molecule has 13 rings (SSSR count). The molecule has 0 amide bonds. The third-order valence-corrected chi connectivity index (χ3v) is 12.0. The Morgan fingerprint density at radius 1 is 0.354 bits per heavy atom. The number of anilines is 3. The van der Waals surface area contributed by atoms with Crippen LogP contribution in [0.15, 0.2) is 247 Å². The summed E-state index contributed by atoms with van der Waals surface area (Å²) in [4.78, 5) is 1.64. The van der Waals surface area contributed by atoms with Crippen molar-refractivity contribution in [2.75, 3.05) is 4.90 Å². The van der Waals surface area contributed by atoms with Gasteiger partial charge < -0.3 is 13.9 Å². The third kappa shape index (κ3) is 6.05. The molecule has 0 aliphatic rings. The van der Waals surface area contributed by atoms with Gasteiger partial charge >= 0.3 is 0 Å². The van der Waals surface area contributed by atoms with Gasteiger partial charge in [-0.1, -0.05) is 182 Å². The molecule has 13 aromatic rings. The van der Waals surface area contributed by atoms with Gasteiger partial charge in [0.15, 0.2) is 0 Å². The zero-order valence-corrected chi connectivity index (χ0v) is 34.2. The largest absolute Gasteiger partial charge is 0.455 e. The van der Waals surface area contributed by atoms with Crippen LogP contribution in [0.4, 0.5) is 17.1 Å². The van der Waals surface area contributed by atoms with Gasteiger partial charge in [0.1, 0.15) is 11.2 Å². The van der Waals surface area contributed by atoms with Crippen LogP contribution in [0.1, 0.15) is 20.6 Å². The van der Waals surface area contributed by atoms with Crippen molar-refractivity contribution in [3.63, 3.8) is 0 Å². The summed E-state index contributed by atoms with van der Waals surface area (Å²) in [7, 11) is 0. The van der Waals surface area contributed by atoms with Crippen molar-refractivity contribution in [3.05, 3.63) is 242 Å². The summed E-state index contributed by atoms with van der Waals surface area (Å²) < 4.78 is 146. The lowest BCUT2D eigenvalue weighted by Crippen LogP contribution is -2.11. The first-order chi connectivity index (χ1) is 38.5. The van der Waals surface area contributed by atoms with Crippen LogP contribution in [0.3, 0.4) is 0 Å². The number of benzene rings is 11. The molecule has 11 aromatic carbocycles. The van der Waals surface area contributed by atoms with Crippen LogP contribution in [0.2, 0.25) is 0 Å². The number of aromatic nitrogens is 1. The monoisotopic (exact) mass is 843 g/mol. The Hall–Kier alpha value is -8.66. The normalized spacial score (nSPS) is 14.9. The van der Waals surface area contributed by atoms with E-state index in [2.05, 4.69) is 22.8 Å². The second kappa shape index (κ2) is 15.0. The quantitative estimate of drug-likeness (QED) is 0.159. The molecule has 0 atom stereocenters. The number of para-hydroxylation sites is 4. The number of hydrogen-bond acceptors (Lipinski definition) is 2. The Balaban J connectivity index is 1.04. The maximum atomic E-state index is 9.91. The molecule has 65 heavy (non-hydrogen) atoms. The van der Waals surface area contributed by atoms with E-state index in [1.54, 1.807) is 11.0 Å². The van der Waals surface area contributed by atoms with Gasteiger partial charge in [0.2, 0.25) is 0 Å². The zero-order chi connectivity index (χ0) is 55.9. The van der Waals surface area contributed by atoms with Gasteiger partial charge in [0, 0.05) is 55.1 Å². The van der Waals surface area contributed by atoms with E-state index in [-0.39, 0.29) is 5.69 Å². The molecule has 2 heterocycles. The molecule has 0 aliphatic heterocycles. The first-order valence-corrected chi connectivity index (χ1v) is 21.0. The van der Waals surface area contributed by atoms with Crippen molar-refractivity contribution in [2.24, 2.45) is 0 Å². The molecule has 2 aromatic heterocycles. The number of rotatable bonds is 7. The number of hydrogen-bond donors (Lipinski definition) is 0. The summed E-state index contributed by atoms with van der Waals surface area (Å²) in [5.41, 5.74) is 3.72. The summed E-state index contributed by atoms with van der Waals surface area (Å²) >= 11 is 0. The number of fused-ring (bicyclic) bond motifs is 9. The number of furan rings is 1. The molecule has 0 spiro atoms. The summed E-state index contributed by atoms with van der Waals surface area (Å²) in [5.74, 6) is 0. The molecule has 0 saturated heterocycles. The fraction of sp³-hybridized carbons (Fsp3) is 0. The molecule has 304 valence electrons. The van der Waals surface area contributed by atoms with Gasteiger partial charge in [-0.2, -0.15) is 0 Å². The molecule has 0 bridgehead atoms. The smallest absolute Gasteiger partial charge is 0.143 e. The van der Waals surface area contributed by atoms with E-state index in [0.717, 1.165) is 49.0 Å². The van der Waals surface area contributed by atoms with Crippen LogP contribution < -0.4 is 4.90 Å². The van der Waals surface area contributed by atoms with Gasteiger partial charge in [-0.25, -0.2) is 0 Å². The molecule has 0 unspecified atom stereocenters. The Labute approximate surface area is 397 Å². The Morgan fingerprint density at radius 2 is 0.954 bits per heavy atom. The molecule has 3 nitrogen and oxygen atoms in total. The fourth-order valence-electron chi connectivity index (χ4n) is 9.08. The molecule has 0 fully saturated rings. The lowest BCUT2D eigenvalue weighted by Gasteiger charge is -2.28. The van der Waals surface area contributed by atoms with Crippen molar-refractivity contribution in [3.8, 4) is 39.1 Å². The molecule has 0 radical (unpaired) electrons. The summed E-state index contributed by atoms with van der Waals surface area (Å²) in [6.07, 6.45) is 0. The van der Waals surface area contributed by atoms with Crippen molar-refractivity contribution >= 4 is 82.4 Å². The SMILES string of the molecule is [2H]c1c([2H])c(-c2c([2H])c([2H])c([2H])c3c([2H])c([2H])c([2H])c([2H])c23)c([2H])c([2H])c1-c1c([2H])c([2H])c(N(c2ccc(-n3c4ccccc4c4ccccc43)cc2)c2ccccc2-c2cccc3c2oc2c4ccccc4ccc32)c([2H])c1[2H]. The molecular formula is C62H40N2O. The van der Waals surface area contributed by atoms with E-state index in [4.69, 9.17) is 14.0 Å². The number of nitrogens with zero attached hydrogens (tertiary/aromatic N) is 2. The predicted octanol–water partition coefficient (Wildman–Crippen LogP) is 17.5. The van der Waals surface area contributed by atoms with Crippen molar-refractivity contribution in [2.45, 2.75) is 0 Å². The van der Waals surface area contributed by atoms with Crippen molar-refractivity contribution in [1.82, 2.24) is 4.57 Å². The van der Waals surface area contributed by atoms with Crippen LogP contribution in [0.5, 0.6) is 0 Å². The second-order valence-corrected chi connectivity index (χ2v) is 15.7. The van der Waals surface area contributed by atoms with E-state index < -0.39 is 124 Å². The Morgan fingerprint density at radius 3 is 1.74 bits per heavy atom. The van der Waals surface area contributed by atoms with Crippen LogP contribution in [-0.4, -0.2) is 4.57 Å². The lowest BCUT2D eigenvalue weighted by molar-refractivity contribution is 0.674. The van der Waals surface area contributed by atoms with Gasteiger partial charge in [0.25, 0.3) is 0 Å². The zero-order valence-electron chi connectivity index (χ0n) is 49.2. The fourth-order valence-corrected chi connectivity index (χ4v) is 9.08. The van der Waals surface area contributed by atoms with E-state index in [1.807, 2.05) is 127 Å². The van der Waals surface area contributed by atoms with E-state index in [9.17, 15) is 11.0 Å². The predicted molar refractivity (Wildman–Crippen MR) is 274 cm³/mol. The van der Waals surface area contributed by atoms with Gasteiger partial charge in [-0.3, -0.25) is 0 Å². The molecule has 3 heteroatoms. The molecule has 0 aliphatic carbocycles. The topological polar surface area (TPSA) is 21.3 Å². The standard InChI is InChI=1S/C62H40N2O/c1-3-16-49-43(13-1)15-11-21-50(49)45-29-27-41(28-30-45)42-31-34-46(35-32-42)63(47-36-38-48(39-37-47)64-59-25-9-5-18-52(59)53-19-6-10-26-60(53)64)58-24-8-7-20-54(58)55-22-12-23-56-57-40-33-44-14-2-4-17-51(44)61(57)65-62(55)56/h1-40H/i1D,3D,11D,13D,15D,16D,21D,27D,28D,29D,30D,31D,32D,34D,35D. The molecule has 0 N–H and O–H groups in total. The second-order valence-electron chi connectivity index (χ2n) is 15.7. The highest BCUT2D eigenvalue weighted by molar-refractivity contribution is 6.18. The van der Waals surface area contributed by atoms with Crippen molar-refractivity contribution in [1.29, 1.82) is 0 Å². The first-order valence-electron chi connectivity index (χ1n) is 28.5. The lowest BCUT2D eigenvalue weighted by atomic mass is 9.96. The minimum absolute atomic E-state index is 0.201. The Kier molecular flexibility index (Phi) is 5.74. The minimum Gasteiger partial charge on any atom is -0.455 e. The summed E-state index contributed by atoms with van der Waals surface area (Å²) in [6.45, 7) is 0. The van der Waals surface area contributed by atoms with Crippen molar-refractivity contribution < 1.29 is 25.0 Å². The van der Waals surface area contributed by atoms with Gasteiger partial charge in [0.05, 0.1) is 37.3 Å². The van der Waals surface area contributed by atoms with E-state index >= 15 is 0 Å². The van der Waals surface area contributed by atoms with Gasteiger partial charge in [-0.15, -0.1) is 0 Å². The first kappa shape index (κ1) is 24.8. The third-order valence-electron chi connectivity index (χ3n) is 12.0. The Bertz CT molecular complexity index is 4740. The maximum absolute atomic E-state index is 9.91. The van der Waals surface area contributed by atoms with Crippen LogP contribution in [0.25, 0.3) is 104 Å². The van der Waals surface area contributed by atoms with Crippen LogP contribution in [0, 0.1) is 0 Å². The maximum Gasteiger partial charge on any atom is 0.143 e. The molecular weight excluding hydrogens is 789 g/mol.